The van der Waals surface area contributed by atoms with Gasteiger partial charge in [-0.15, -0.1) is 0 Å². The lowest BCUT2D eigenvalue weighted by molar-refractivity contribution is -0.144. The van der Waals surface area contributed by atoms with Crippen LogP contribution in [-0.4, -0.2) is 31.1 Å². The smallest absolute Gasteiger partial charge is 0.387 e. The Balaban J connectivity index is 1.71. The molecule has 0 radical (unpaired) electrons. The van der Waals surface area contributed by atoms with Crippen LogP contribution in [0.15, 0.2) is 30.3 Å². The van der Waals surface area contributed by atoms with Gasteiger partial charge in [-0.1, -0.05) is 44.2 Å². The average molecular weight is 381 g/mol. The molecule has 0 atom stereocenters. The van der Waals surface area contributed by atoms with Crippen molar-refractivity contribution in [1.82, 2.24) is 5.32 Å². The van der Waals surface area contributed by atoms with Crippen molar-refractivity contribution in [2.45, 2.75) is 57.6 Å². The Bertz CT molecular complexity index is 623. The fraction of sp³-hybridized carbons (Fsp3) is 0.500. The van der Waals surface area contributed by atoms with Crippen molar-refractivity contribution in [2.24, 2.45) is 0 Å². The molecule has 27 heavy (non-hydrogen) atoms. The van der Waals surface area contributed by atoms with Gasteiger partial charge in [0.2, 0.25) is 0 Å². The van der Waals surface area contributed by atoms with Gasteiger partial charge in [-0.3, -0.25) is 4.79 Å². The number of amides is 1. The molecular formula is C20H25F2NO4. The Kier molecular flexibility index (Phi) is 8.74. The van der Waals surface area contributed by atoms with Crippen LogP contribution in [0.1, 0.15) is 50.5 Å². The first-order valence-electron chi connectivity index (χ1n) is 9.22. The second-order valence-electron chi connectivity index (χ2n) is 6.50. The average Bonchev–Trinajstić information content (AvgIpc) is 2.61. The molecule has 1 N–H and O–H groups in total. The number of halogens is 2. The zero-order valence-corrected chi connectivity index (χ0v) is 15.2. The monoisotopic (exact) mass is 381 g/mol. The highest BCUT2D eigenvalue weighted by molar-refractivity contribution is 5.89. The van der Waals surface area contributed by atoms with Gasteiger partial charge >= 0.3 is 12.6 Å². The van der Waals surface area contributed by atoms with Gasteiger partial charge in [-0.05, 0) is 36.6 Å². The van der Waals surface area contributed by atoms with Gasteiger partial charge in [0.15, 0.2) is 6.61 Å². The molecule has 5 nitrogen and oxygen atoms in total. The van der Waals surface area contributed by atoms with Crippen LogP contribution >= 0.6 is 0 Å². The van der Waals surface area contributed by atoms with Crippen LogP contribution in [0.4, 0.5) is 8.78 Å². The predicted molar refractivity (Wildman–Crippen MR) is 97.3 cm³/mol. The minimum Gasteiger partial charge on any atom is -0.452 e. The first kappa shape index (κ1) is 20.9. The molecule has 1 aliphatic rings. The highest BCUT2D eigenvalue weighted by atomic mass is 19.3. The van der Waals surface area contributed by atoms with Crippen molar-refractivity contribution in [3.8, 4) is 5.75 Å². The van der Waals surface area contributed by atoms with E-state index in [0.717, 1.165) is 25.7 Å². The minimum atomic E-state index is -2.88. The molecule has 1 aliphatic carbocycles. The Hall–Kier alpha value is -2.44. The van der Waals surface area contributed by atoms with Gasteiger partial charge in [-0.25, -0.2) is 4.79 Å². The number of benzene rings is 1. The van der Waals surface area contributed by atoms with E-state index in [0.29, 0.717) is 5.56 Å². The summed E-state index contributed by atoms with van der Waals surface area (Å²) in [6, 6.07) is 5.96. The van der Waals surface area contributed by atoms with Gasteiger partial charge in [-0.2, -0.15) is 8.78 Å². The van der Waals surface area contributed by atoms with E-state index in [4.69, 9.17) is 4.74 Å². The lowest BCUT2D eigenvalue weighted by atomic mass is 9.97. The SMILES string of the molecule is O=C(COC(=O)C=Cc1ccc(OC(F)F)cc1)NC1CCCCCCC1. The minimum absolute atomic E-state index is 0.0376. The maximum Gasteiger partial charge on any atom is 0.387 e. The summed E-state index contributed by atoms with van der Waals surface area (Å²) in [6.07, 6.45) is 10.4. The molecule has 0 saturated heterocycles. The molecule has 1 aromatic rings. The Morgan fingerprint density at radius 2 is 1.70 bits per heavy atom. The van der Waals surface area contributed by atoms with Crippen LogP contribution in [0.2, 0.25) is 0 Å². The molecule has 7 heteroatoms. The molecule has 0 bridgehead atoms. The summed E-state index contributed by atoms with van der Waals surface area (Å²) in [7, 11) is 0. The first-order chi connectivity index (χ1) is 13.0. The van der Waals surface area contributed by atoms with Crippen LogP contribution in [-0.2, 0) is 14.3 Å². The normalized spacial score (nSPS) is 16.0. The van der Waals surface area contributed by atoms with E-state index in [-0.39, 0.29) is 24.3 Å². The van der Waals surface area contributed by atoms with Gasteiger partial charge in [0.1, 0.15) is 5.75 Å². The van der Waals surface area contributed by atoms with Crippen molar-refractivity contribution >= 4 is 18.0 Å². The van der Waals surface area contributed by atoms with E-state index in [2.05, 4.69) is 10.1 Å². The second kappa shape index (κ2) is 11.3. The molecule has 1 aromatic carbocycles. The van der Waals surface area contributed by atoms with Crippen molar-refractivity contribution in [1.29, 1.82) is 0 Å². The molecule has 148 valence electrons. The third-order valence-electron chi connectivity index (χ3n) is 4.33. The maximum absolute atomic E-state index is 12.1. The topological polar surface area (TPSA) is 64.6 Å². The molecule has 1 amide bonds. The Morgan fingerprint density at radius 3 is 2.33 bits per heavy atom. The highest BCUT2D eigenvalue weighted by Crippen LogP contribution is 2.17. The lowest BCUT2D eigenvalue weighted by Gasteiger charge is -2.20. The van der Waals surface area contributed by atoms with E-state index in [1.165, 1.54) is 55.7 Å². The van der Waals surface area contributed by atoms with E-state index in [1.807, 2.05) is 0 Å². The van der Waals surface area contributed by atoms with Crippen LogP contribution in [0.25, 0.3) is 6.08 Å². The molecule has 0 spiro atoms. The van der Waals surface area contributed by atoms with Crippen LogP contribution in [0.5, 0.6) is 5.75 Å². The quantitative estimate of drug-likeness (QED) is 0.571. The summed E-state index contributed by atoms with van der Waals surface area (Å²) in [5.41, 5.74) is 0.618. The number of carbonyl (C=O) groups is 2. The van der Waals surface area contributed by atoms with Gasteiger partial charge < -0.3 is 14.8 Å². The predicted octanol–water partition coefficient (Wildman–Crippen LogP) is 4.07. The largest absolute Gasteiger partial charge is 0.452 e. The molecule has 1 fully saturated rings. The molecular weight excluding hydrogens is 356 g/mol. The number of carbonyl (C=O) groups excluding carboxylic acids is 2. The second-order valence-corrected chi connectivity index (χ2v) is 6.50. The van der Waals surface area contributed by atoms with E-state index < -0.39 is 12.6 Å². The maximum atomic E-state index is 12.1. The fourth-order valence-electron chi connectivity index (χ4n) is 2.98. The van der Waals surface area contributed by atoms with Crippen molar-refractivity contribution in [3.63, 3.8) is 0 Å². The van der Waals surface area contributed by atoms with E-state index in [1.54, 1.807) is 0 Å². The van der Waals surface area contributed by atoms with E-state index >= 15 is 0 Å². The Labute approximate surface area is 157 Å². The molecule has 0 aromatic heterocycles. The number of hydrogen-bond acceptors (Lipinski definition) is 4. The third kappa shape index (κ3) is 8.66. The van der Waals surface area contributed by atoms with Crippen LogP contribution < -0.4 is 10.1 Å². The molecule has 0 unspecified atom stereocenters. The molecule has 2 rings (SSSR count). The number of hydrogen-bond donors (Lipinski definition) is 1. The number of nitrogens with one attached hydrogen (secondary N) is 1. The number of ether oxygens (including phenoxy) is 2. The summed E-state index contributed by atoms with van der Waals surface area (Å²) in [4.78, 5) is 23.6. The first-order valence-corrected chi connectivity index (χ1v) is 9.22. The van der Waals surface area contributed by atoms with Crippen molar-refractivity contribution in [3.05, 3.63) is 35.9 Å². The van der Waals surface area contributed by atoms with Gasteiger partial charge in [0, 0.05) is 12.1 Å². The number of esters is 1. The van der Waals surface area contributed by atoms with Crippen molar-refractivity contribution < 1.29 is 27.8 Å². The third-order valence-corrected chi connectivity index (χ3v) is 4.33. The highest BCUT2D eigenvalue weighted by Gasteiger charge is 2.14. The Morgan fingerprint density at radius 1 is 1.07 bits per heavy atom. The number of rotatable bonds is 7. The lowest BCUT2D eigenvalue weighted by Crippen LogP contribution is -2.37. The summed E-state index contributed by atoms with van der Waals surface area (Å²) in [5.74, 6) is -0.901. The number of alkyl halides is 2. The van der Waals surface area contributed by atoms with Crippen LogP contribution in [0.3, 0.4) is 0 Å². The molecule has 0 aliphatic heterocycles. The zero-order valence-electron chi connectivity index (χ0n) is 15.2. The van der Waals surface area contributed by atoms with Gasteiger partial charge in [0.05, 0.1) is 0 Å². The van der Waals surface area contributed by atoms with E-state index in [9.17, 15) is 18.4 Å². The summed E-state index contributed by atoms with van der Waals surface area (Å²) >= 11 is 0. The molecule has 0 heterocycles. The zero-order chi connectivity index (χ0) is 19.5. The molecule has 1 saturated carbocycles. The summed E-state index contributed by atoms with van der Waals surface area (Å²) in [6.45, 7) is -3.20. The fourth-order valence-corrected chi connectivity index (χ4v) is 2.98. The summed E-state index contributed by atoms with van der Waals surface area (Å²) < 4.78 is 33.3. The van der Waals surface area contributed by atoms with Gasteiger partial charge in [0.25, 0.3) is 5.91 Å². The summed E-state index contributed by atoms with van der Waals surface area (Å²) in [5, 5.41) is 2.92. The standard InChI is InChI=1S/C20H25F2NO4/c21-20(22)27-17-11-8-15(9-12-17)10-13-19(25)26-14-18(24)23-16-6-4-2-1-3-5-7-16/h8-13,16,20H,1-7,14H2,(H,23,24). The van der Waals surface area contributed by atoms with Crippen LogP contribution in [0, 0.1) is 0 Å². The van der Waals surface area contributed by atoms with Crippen molar-refractivity contribution in [2.75, 3.05) is 6.61 Å².